The second kappa shape index (κ2) is 4.18. The van der Waals surface area contributed by atoms with Crippen LogP contribution < -0.4 is 0 Å². The van der Waals surface area contributed by atoms with Crippen molar-refractivity contribution in [1.82, 2.24) is 4.47 Å². The van der Waals surface area contributed by atoms with E-state index >= 15 is 0 Å². The molecule has 3 nitrogen and oxygen atoms in total. The fraction of sp³-hybridized carbons (Fsp3) is 1.00. The molecule has 0 rings (SSSR count). The fourth-order valence-corrected chi connectivity index (χ4v) is 1.77. The number of hydroxylamine groups is 1. The quantitative estimate of drug-likeness (QED) is 0.665. The van der Waals surface area contributed by atoms with Crippen LogP contribution in [0.5, 0.6) is 0 Å². The second-order valence-electron chi connectivity index (χ2n) is 3.69. The maximum absolute atomic E-state index is 11.2. The van der Waals surface area contributed by atoms with Crippen LogP contribution >= 0.6 is 0 Å². The van der Waals surface area contributed by atoms with Crippen molar-refractivity contribution >= 4 is 11.0 Å². The van der Waals surface area contributed by atoms with Crippen LogP contribution in [0.3, 0.4) is 0 Å². The van der Waals surface area contributed by atoms with Gasteiger partial charge in [0, 0.05) is 12.3 Å². The molecule has 0 amide bonds. The lowest BCUT2D eigenvalue weighted by Crippen LogP contribution is -2.29. The lowest BCUT2D eigenvalue weighted by molar-refractivity contribution is 0.0146. The van der Waals surface area contributed by atoms with Crippen LogP contribution in [0.25, 0.3) is 0 Å². The van der Waals surface area contributed by atoms with Gasteiger partial charge in [-0.3, -0.25) is 0 Å². The molecule has 0 aliphatic carbocycles. The van der Waals surface area contributed by atoms with Crippen LogP contribution in [0.1, 0.15) is 27.7 Å². The minimum atomic E-state index is -1.25. The van der Waals surface area contributed by atoms with Gasteiger partial charge in [-0.1, -0.05) is 20.8 Å². The van der Waals surface area contributed by atoms with E-state index in [0.29, 0.717) is 12.3 Å². The van der Waals surface area contributed by atoms with Gasteiger partial charge in [0.1, 0.15) is 11.0 Å². The molecule has 0 saturated carbocycles. The van der Waals surface area contributed by atoms with E-state index in [1.807, 2.05) is 20.8 Å². The molecule has 0 saturated heterocycles. The number of hydrogen-bond acceptors (Lipinski definition) is 2. The molecule has 0 aromatic rings. The van der Waals surface area contributed by atoms with E-state index in [-0.39, 0.29) is 5.41 Å². The van der Waals surface area contributed by atoms with Gasteiger partial charge in [-0.05, 0) is 12.3 Å². The summed E-state index contributed by atoms with van der Waals surface area (Å²) >= 11 is 0. The molecule has 0 fully saturated rings. The molecule has 0 aliphatic heterocycles. The highest BCUT2D eigenvalue weighted by Gasteiger charge is 2.17. The van der Waals surface area contributed by atoms with Crippen molar-refractivity contribution in [2.75, 3.05) is 12.3 Å². The van der Waals surface area contributed by atoms with Crippen LogP contribution in [0.2, 0.25) is 0 Å². The van der Waals surface area contributed by atoms with Crippen molar-refractivity contribution in [2.45, 2.75) is 27.7 Å². The van der Waals surface area contributed by atoms with E-state index in [1.165, 1.54) is 0 Å². The third-order valence-electron chi connectivity index (χ3n) is 1.06. The Morgan fingerprint density at radius 3 is 2.18 bits per heavy atom. The van der Waals surface area contributed by atoms with Crippen LogP contribution in [0.15, 0.2) is 0 Å². The van der Waals surface area contributed by atoms with Gasteiger partial charge in [0.25, 0.3) is 0 Å². The zero-order valence-electron chi connectivity index (χ0n) is 7.63. The molecule has 1 unspecified atom stereocenters. The summed E-state index contributed by atoms with van der Waals surface area (Å²) < 4.78 is 12.0. The maximum Gasteiger partial charge on any atom is 0.118 e. The summed E-state index contributed by atoms with van der Waals surface area (Å²) in [5.41, 5.74) is 0.00100. The minimum absolute atomic E-state index is 0.00100. The Morgan fingerprint density at radius 1 is 1.45 bits per heavy atom. The summed E-state index contributed by atoms with van der Waals surface area (Å²) in [4.78, 5) is 0. The SMILES string of the molecule is CCN(O)S(=O)CC(C)(C)C. The molecule has 0 aromatic carbocycles. The summed E-state index contributed by atoms with van der Waals surface area (Å²) in [6, 6.07) is 0. The Kier molecular flexibility index (Phi) is 4.21. The summed E-state index contributed by atoms with van der Waals surface area (Å²) in [7, 11) is -1.25. The van der Waals surface area contributed by atoms with Crippen LogP contribution in [0, 0.1) is 5.41 Å². The van der Waals surface area contributed by atoms with E-state index in [9.17, 15) is 4.21 Å². The number of hydrogen-bond donors (Lipinski definition) is 1. The first-order valence-electron chi connectivity index (χ1n) is 3.71. The molecule has 4 heteroatoms. The summed E-state index contributed by atoms with van der Waals surface area (Å²) in [5, 5.41) is 9.02. The van der Waals surface area contributed by atoms with E-state index in [0.717, 1.165) is 4.47 Å². The molecule has 0 radical (unpaired) electrons. The topological polar surface area (TPSA) is 40.5 Å². The predicted octanol–water partition coefficient (Wildman–Crippen LogP) is 1.41. The first-order valence-corrected chi connectivity index (χ1v) is 4.99. The zero-order chi connectivity index (χ0) is 9.07. The van der Waals surface area contributed by atoms with Crippen LogP contribution in [-0.2, 0) is 11.0 Å². The predicted molar refractivity (Wildman–Crippen MR) is 46.6 cm³/mol. The summed E-state index contributed by atoms with van der Waals surface area (Å²) in [6.07, 6.45) is 0. The zero-order valence-corrected chi connectivity index (χ0v) is 8.44. The third-order valence-corrected chi connectivity index (χ3v) is 2.90. The van der Waals surface area contributed by atoms with Gasteiger partial charge in [-0.25, -0.2) is 4.21 Å². The first kappa shape index (κ1) is 11.1. The highest BCUT2D eigenvalue weighted by Crippen LogP contribution is 2.15. The number of rotatable bonds is 3. The molecule has 0 aromatic heterocycles. The van der Waals surface area contributed by atoms with Gasteiger partial charge in [-0.15, -0.1) is 4.47 Å². The molecule has 0 bridgehead atoms. The molecule has 0 aliphatic rings. The highest BCUT2D eigenvalue weighted by atomic mass is 32.2. The van der Waals surface area contributed by atoms with Crippen molar-refractivity contribution in [3.8, 4) is 0 Å². The van der Waals surface area contributed by atoms with Crippen molar-refractivity contribution in [1.29, 1.82) is 0 Å². The molecule has 68 valence electrons. The van der Waals surface area contributed by atoms with Crippen molar-refractivity contribution in [3.63, 3.8) is 0 Å². The standard InChI is InChI=1S/C7H17NO2S/c1-5-8(9)11(10)6-7(2,3)4/h9H,5-6H2,1-4H3. The molecular formula is C7H17NO2S. The number of nitrogens with zero attached hydrogens (tertiary/aromatic N) is 1. The van der Waals surface area contributed by atoms with Gasteiger partial charge < -0.3 is 5.21 Å². The molecule has 0 spiro atoms. The molecule has 0 heterocycles. The second-order valence-corrected chi connectivity index (χ2v) is 5.05. The largest absolute Gasteiger partial charge is 0.301 e. The van der Waals surface area contributed by atoms with Gasteiger partial charge in [0.2, 0.25) is 0 Å². The Balaban J connectivity index is 3.88. The Hall–Kier alpha value is 0.0700. The Morgan fingerprint density at radius 2 is 1.91 bits per heavy atom. The van der Waals surface area contributed by atoms with E-state index < -0.39 is 11.0 Å². The third kappa shape index (κ3) is 5.35. The lowest BCUT2D eigenvalue weighted by Gasteiger charge is -2.20. The normalized spacial score (nSPS) is 15.5. The maximum atomic E-state index is 11.2. The molecular weight excluding hydrogens is 162 g/mol. The smallest absolute Gasteiger partial charge is 0.118 e. The van der Waals surface area contributed by atoms with Crippen LogP contribution in [0.4, 0.5) is 0 Å². The van der Waals surface area contributed by atoms with Crippen molar-refractivity contribution in [2.24, 2.45) is 5.41 Å². The Bertz CT molecular complexity index is 142. The average molecular weight is 179 g/mol. The van der Waals surface area contributed by atoms with Gasteiger partial charge in [0.05, 0.1) is 0 Å². The average Bonchev–Trinajstić information content (AvgIpc) is 1.82. The van der Waals surface area contributed by atoms with Crippen LogP contribution in [-0.4, -0.2) is 26.2 Å². The monoisotopic (exact) mass is 179 g/mol. The van der Waals surface area contributed by atoms with E-state index in [2.05, 4.69) is 0 Å². The minimum Gasteiger partial charge on any atom is -0.301 e. The highest BCUT2D eigenvalue weighted by molar-refractivity contribution is 7.82. The van der Waals surface area contributed by atoms with Gasteiger partial charge >= 0.3 is 0 Å². The molecule has 1 atom stereocenters. The van der Waals surface area contributed by atoms with Crippen molar-refractivity contribution < 1.29 is 9.42 Å². The lowest BCUT2D eigenvalue weighted by atomic mass is 10.0. The molecule has 11 heavy (non-hydrogen) atoms. The van der Waals surface area contributed by atoms with Gasteiger partial charge in [0.15, 0.2) is 0 Å². The fourth-order valence-electron chi connectivity index (χ4n) is 0.589. The van der Waals surface area contributed by atoms with E-state index in [4.69, 9.17) is 5.21 Å². The van der Waals surface area contributed by atoms with Crippen molar-refractivity contribution in [3.05, 3.63) is 0 Å². The van der Waals surface area contributed by atoms with Gasteiger partial charge in [-0.2, -0.15) is 0 Å². The molecule has 1 N–H and O–H groups in total. The summed E-state index contributed by atoms with van der Waals surface area (Å²) in [6.45, 7) is 8.15. The first-order chi connectivity index (χ1) is 4.87. The summed E-state index contributed by atoms with van der Waals surface area (Å²) in [5.74, 6) is 0.497. The Labute approximate surface area is 70.9 Å². The van der Waals surface area contributed by atoms with E-state index in [1.54, 1.807) is 6.92 Å².